The summed E-state index contributed by atoms with van der Waals surface area (Å²) in [6.45, 7) is 1.40. The Kier molecular flexibility index (Phi) is 5.69. The quantitative estimate of drug-likeness (QED) is 0.551. The molecule has 1 aliphatic carbocycles. The smallest absolute Gasteiger partial charge is 0.322 e. The first kappa shape index (κ1) is 16.9. The molecule has 4 amide bonds. The van der Waals surface area contributed by atoms with Crippen LogP contribution in [0.15, 0.2) is 0 Å². The van der Waals surface area contributed by atoms with E-state index in [1.165, 1.54) is 6.92 Å². The fourth-order valence-electron chi connectivity index (χ4n) is 2.68. The number of carboxylic acids is 1. The first-order chi connectivity index (χ1) is 9.74. The summed E-state index contributed by atoms with van der Waals surface area (Å²) in [6.07, 6.45) is 2.98. The lowest BCUT2D eigenvalue weighted by Crippen LogP contribution is -2.49. The van der Waals surface area contributed by atoms with E-state index in [2.05, 4.69) is 10.6 Å². The molecule has 1 atom stereocenters. The maximum Gasteiger partial charge on any atom is 0.322 e. The van der Waals surface area contributed by atoms with Crippen molar-refractivity contribution in [3.8, 4) is 0 Å². The van der Waals surface area contributed by atoms with Crippen LogP contribution in [0.1, 0.15) is 45.4 Å². The summed E-state index contributed by atoms with van der Waals surface area (Å²) in [7, 11) is 0. The Morgan fingerprint density at radius 3 is 2.24 bits per heavy atom. The van der Waals surface area contributed by atoms with Crippen molar-refractivity contribution in [2.24, 2.45) is 11.1 Å². The number of urea groups is 1. The summed E-state index contributed by atoms with van der Waals surface area (Å²) >= 11 is 0. The molecular weight excluding hydrogens is 278 g/mol. The Balaban J connectivity index is 2.53. The average Bonchev–Trinajstić information content (AvgIpc) is 2.75. The molecule has 0 bridgehead atoms. The van der Waals surface area contributed by atoms with Crippen molar-refractivity contribution in [2.75, 3.05) is 0 Å². The van der Waals surface area contributed by atoms with E-state index in [0.717, 1.165) is 12.8 Å². The number of aliphatic carboxylic acids is 1. The molecule has 0 aromatic carbocycles. The van der Waals surface area contributed by atoms with Crippen LogP contribution >= 0.6 is 0 Å². The second-order valence-corrected chi connectivity index (χ2v) is 5.60. The molecule has 1 rings (SSSR count). The van der Waals surface area contributed by atoms with E-state index in [-0.39, 0.29) is 12.8 Å². The van der Waals surface area contributed by atoms with Gasteiger partial charge in [-0.2, -0.15) is 0 Å². The standard InChI is InChI=1S/C13H21N3O5/c1-8(11(14)20)15-12(21)16-9(17)6-13(7-10(18)19)4-2-3-5-13/h8H,2-7H2,1H3,(H2,14,20)(H,18,19)(H2,15,16,17,21). The lowest BCUT2D eigenvalue weighted by Gasteiger charge is -2.26. The molecule has 0 aliphatic heterocycles. The fraction of sp³-hybridized carbons (Fsp3) is 0.692. The number of nitrogens with two attached hydrogens (primary N) is 1. The minimum atomic E-state index is -0.948. The minimum Gasteiger partial charge on any atom is -0.481 e. The van der Waals surface area contributed by atoms with Gasteiger partial charge >= 0.3 is 12.0 Å². The fourth-order valence-corrected chi connectivity index (χ4v) is 2.68. The number of carboxylic acid groups (broad SMARTS) is 1. The second-order valence-electron chi connectivity index (χ2n) is 5.60. The highest BCUT2D eigenvalue weighted by molar-refractivity contribution is 5.96. The lowest BCUT2D eigenvalue weighted by molar-refractivity contribution is -0.140. The van der Waals surface area contributed by atoms with Crippen LogP contribution in [0.25, 0.3) is 0 Å². The molecule has 1 aliphatic rings. The van der Waals surface area contributed by atoms with Crippen LogP contribution in [0.4, 0.5) is 4.79 Å². The Hall–Kier alpha value is -2.12. The molecule has 8 heteroatoms. The van der Waals surface area contributed by atoms with Gasteiger partial charge in [0, 0.05) is 6.42 Å². The number of carbonyl (C=O) groups is 4. The van der Waals surface area contributed by atoms with Crippen molar-refractivity contribution in [1.29, 1.82) is 0 Å². The highest BCUT2D eigenvalue weighted by Crippen LogP contribution is 2.43. The van der Waals surface area contributed by atoms with Gasteiger partial charge in [0.15, 0.2) is 0 Å². The van der Waals surface area contributed by atoms with Gasteiger partial charge in [-0.15, -0.1) is 0 Å². The molecule has 0 saturated heterocycles. The first-order valence-electron chi connectivity index (χ1n) is 6.85. The van der Waals surface area contributed by atoms with Gasteiger partial charge in [-0.3, -0.25) is 19.7 Å². The molecule has 0 aromatic heterocycles. The number of rotatable bonds is 6. The van der Waals surface area contributed by atoms with Gasteiger partial charge in [-0.25, -0.2) is 4.79 Å². The molecule has 8 nitrogen and oxygen atoms in total. The van der Waals surface area contributed by atoms with Crippen LogP contribution in [0.5, 0.6) is 0 Å². The predicted molar refractivity (Wildman–Crippen MR) is 73.1 cm³/mol. The SMILES string of the molecule is CC(NC(=O)NC(=O)CC1(CC(=O)O)CCCC1)C(N)=O. The number of primary amides is 1. The number of nitrogens with one attached hydrogen (secondary N) is 2. The molecule has 0 radical (unpaired) electrons. The molecule has 1 unspecified atom stereocenters. The largest absolute Gasteiger partial charge is 0.481 e. The van der Waals surface area contributed by atoms with Crippen LogP contribution < -0.4 is 16.4 Å². The van der Waals surface area contributed by atoms with Crippen LogP contribution in [0.2, 0.25) is 0 Å². The summed E-state index contributed by atoms with van der Waals surface area (Å²) < 4.78 is 0. The maximum atomic E-state index is 11.9. The number of hydrogen-bond donors (Lipinski definition) is 4. The van der Waals surface area contributed by atoms with Crippen molar-refractivity contribution in [1.82, 2.24) is 10.6 Å². The number of hydrogen-bond acceptors (Lipinski definition) is 4. The van der Waals surface area contributed by atoms with E-state index in [1.54, 1.807) is 0 Å². The van der Waals surface area contributed by atoms with Crippen LogP contribution in [0.3, 0.4) is 0 Å². The predicted octanol–water partition coefficient (Wildman–Crippen LogP) is 0.111. The van der Waals surface area contributed by atoms with E-state index in [1.807, 2.05) is 0 Å². The van der Waals surface area contributed by atoms with Crippen LogP contribution in [-0.2, 0) is 14.4 Å². The topological polar surface area (TPSA) is 139 Å². The molecular formula is C13H21N3O5. The van der Waals surface area contributed by atoms with Crippen molar-refractivity contribution in [3.63, 3.8) is 0 Å². The zero-order valence-electron chi connectivity index (χ0n) is 12.0. The van der Waals surface area contributed by atoms with Crippen molar-refractivity contribution in [3.05, 3.63) is 0 Å². The van der Waals surface area contributed by atoms with Crippen LogP contribution in [0, 0.1) is 5.41 Å². The second kappa shape index (κ2) is 7.05. The monoisotopic (exact) mass is 299 g/mol. The van der Waals surface area contributed by atoms with E-state index in [9.17, 15) is 19.2 Å². The molecule has 118 valence electrons. The zero-order valence-corrected chi connectivity index (χ0v) is 12.0. The number of imide groups is 1. The molecule has 0 heterocycles. The molecule has 1 fully saturated rings. The van der Waals surface area contributed by atoms with E-state index in [0.29, 0.717) is 12.8 Å². The van der Waals surface area contributed by atoms with E-state index in [4.69, 9.17) is 10.8 Å². The summed E-state index contributed by atoms with van der Waals surface area (Å²) in [5.74, 6) is -2.21. The maximum absolute atomic E-state index is 11.9. The van der Waals surface area contributed by atoms with Gasteiger partial charge in [0.1, 0.15) is 6.04 Å². The van der Waals surface area contributed by atoms with E-state index >= 15 is 0 Å². The summed E-state index contributed by atoms with van der Waals surface area (Å²) in [6, 6.07) is -1.70. The third kappa shape index (κ3) is 5.41. The summed E-state index contributed by atoms with van der Waals surface area (Å²) in [5.41, 5.74) is 4.41. The van der Waals surface area contributed by atoms with Crippen LogP contribution in [-0.4, -0.2) is 35.0 Å². The number of carbonyl (C=O) groups excluding carboxylic acids is 3. The summed E-state index contributed by atoms with van der Waals surface area (Å²) in [5, 5.41) is 13.3. The minimum absolute atomic E-state index is 0.0162. The van der Waals surface area contributed by atoms with E-state index < -0.39 is 35.3 Å². The number of amides is 4. The zero-order chi connectivity index (χ0) is 16.0. The Morgan fingerprint density at radius 2 is 1.76 bits per heavy atom. The molecule has 5 N–H and O–H groups in total. The highest BCUT2D eigenvalue weighted by Gasteiger charge is 2.38. The van der Waals surface area contributed by atoms with Gasteiger partial charge < -0.3 is 16.2 Å². The molecule has 0 spiro atoms. The highest BCUT2D eigenvalue weighted by atomic mass is 16.4. The van der Waals surface area contributed by atoms with Crippen molar-refractivity contribution >= 4 is 23.8 Å². The Labute approximate surface area is 122 Å². The average molecular weight is 299 g/mol. The Morgan fingerprint density at radius 1 is 1.19 bits per heavy atom. The van der Waals surface area contributed by atoms with Gasteiger partial charge in [0.05, 0.1) is 6.42 Å². The van der Waals surface area contributed by atoms with Gasteiger partial charge in [0.25, 0.3) is 0 Å². The van der Waals surface area contributed by atoms with Gasteiger partial charge in [0.2, 0.25) is 11.8 Å². The van der Waals surface area contributed by atoms with Crippen molar-refractivity contribution in [2.45, 2.75) is 51.5 Å². The van der Waals surface area contributed by atoms with Gasteiger partial charge in [-0.1, -0.05) is 12.8 Å². The normalized spacial score (nSPS) is 17.8. The third-order valence-corrected chi connectivity index (χ3v) is 3.75. The molecule has 21 heavy (non-hydrogen) atoms. The molecule has 1 saturated carbocycles. The van der Waals surface area contributed by atoms with Crippen molar-refractivity contribution < 1.29 is 24.3 Å². The summed E-state index contributed by atoms with van der Waals surface area (Å²) in [4.78, 5) is 45.1. The third-order valence-electron chi connectivity index (χ3n) is 3.75. The molecule has 0 aromatic rings. The Bertz CT molecular complexity index is 443. The lowest BCUT2D eigenvalue weighted by atomic mass is 9.79. The van der Waals surface area contributed by atoms with Gasteiger partial charge in [-0.05, 0) is 25.2 Å². The first-order valence-corrected chi connectivity index (χ1v) is 6.85.